The van der Waals surface area contributed by atoms with Crippen LogP contribution in [0.2, 0.25) is 0 Å². The van der Waals surface area contributed by atoms with Gasteiger partial charge in [0.1, 0.15) is 0 Å². The lowest BCUT2D eigenvalue weighted by molar-refractivity contribution is -0.113. The van der Waals surface area contributed by atoms with Gasteiger partial charge < -0.3 is 19.5 Å². The van der Waals surface area contributed by atoms with Crippen molar-refractivity contribution in [3.05, 3.63) is 46.4 Å². The fourth-order valence-corrected chi connectivity index (χ4v) is 3.09. The molecule has 2 aromatic carbocycles. The van der Waals surface area contributed by atoms with Crippen molar-refractivity contribution < 1.29 is 23.8 Å². The molecule has 0 bridgehead atoms. The lowest BCUT2D eigenvalue weighted by atomic mass is 10.1. The molecule has 1 N–H and O–H groups in total. The molecule has 0 aromatic heterocycles. The molecule has 0 saturated carbocycles. The van der Waals surface area contributed by atoms with E-state index in [4.69, 9.17) is 14.2 Å². The number of halogens is 1. The molecular weight excluding hydrogens is 422 g/mol. The number of ether oxygens (including phenoxy) is 3. The zero-order valence-electron chi connectivity index (χ0n) is 14.5. The Hall–Kier alpha value is -2.19. The summed E-state index contributed by atoms with van der Waals surface area (Å²) in [4.78, 5) is 25.3. The Morgan fingerprint density at radius 2 is 1.65 bits per heavy atom. The summed E-state index contributed by atoms with van der Waals surface area (Å²) in [5, 5.41) is 2.73. The summed E-state index contributed by atoms with van der Waals surface area (Å²) in [6, 6.07) is 10.7. The zero-order valence-corrected chi connectivity index (χ0v) is 16.9. The van der Waals surface area contributed by atoms with Crippen LogP contribution in [0.4, 0.5) is 5.69 Å². The van der Waals surface area contributed by atoms with Crippen LogP contribution in [0.5, 0.6) is 11.5 Å². The molecule has 2 aromatic rings. The second kappa shape index (κ2) is 9.49. The maximum Gasteiger partial charge on any atom is 0.340 e. The van der Waals surface area contributed by atoms with E-state index < -0.39 is 5.97 Å². The molecule has 1 amide bonds. The van der Waals surface area contributed by atoms with Gasteiger partial charge in [0, 0.05) is 21.5 Å². The molecule has 2 rings (SSSR count). The number of hydrogen-bond acceptors (Lipinski definition) is 6. The first kappa shape index (κ1) is 20.1. The fourth-order valence-electron chi connectivity index (χ4n) is 2.13. The first-order chi connectivity index (χ1) is 12.5. The molecule has 0 spiro atoms. The Kier molecular flexibility index (Phi) is 7.35. The lowest BCUT2D eigenvalue weighted by Crippen LogP contribution is -2.17. The molecule has 0 aliphatic rings. The molecule has 26 heavy (non-hydrogen) atoms. The summed E-state index contributed by atoms with van der Waals surface area (Å²) in [5.41, 5.74) is 0.489. The van der Waals surface area contributed by atoms with E-state index in [1.165, 1.54) is 45.2 Å². The van der Waals surface area contributed by atoms with Gasteiger partial charge in [0.05, 0.1) is 38.3 Å². The van der Waals surface area contributed by atoms with E-state index >= 15 is 0 Å². The van der Waals surface area contributed by atoms with Gasteiger partial charge in [-0.2, -0.15) is 0 Å². The van der Waals surface area contributed by atoms with Gasteiger partial charge in [-0.25, -0.2) is 4.79 Å². The first-order valence-corrected chi connectivity index (χ1v) is 9.29. The lowest BCUT2D eigenvalue weighted by Gasteiger charge is -2.14. The van der Waals surface area contributed by atoms with Crippen molar-refractivity contribution in [1.29, 1.82) is 0 Å². The second-order valence-electron chi connectivity index (χ2n) is 5.04. The van der Waals surface area contributed by atoms with Gasteiger partial charge in [0.15, 0.2) is 11.5 Å². The Balaban J connectivity index is 2.16. The number of carbonyl (C=O) groups excluding carboxylic acids is 2. The Labute approximate surface area is 164 Å². The number of carbonyl (C=O) groups is 2. The summed E-state index contributed by atoms with van der Waals surface area (Å²) in [5.74, 6) is 0.125. The number of benzene rings is 2. The van der Waals surface area contributed by atoms with Crippen LogP contribution in [0.3, 0.4) is 0 Å². The highest BCUT2D eigenvalue weighted by atomic mass is 79.9. The number of nitrogens with one attached hydrogen (secondary N) is 1. The van der Waals surface area contributed by atoms with Crippen molar-refractivity contribution in [2.24, 2.45) is 0 Å². The molecule has 0 radical (unpaired) electrons. The van der Waals surface area contributed by atoms with Crippen LogP contribution < -0.4 is 14.8 Å². The molecule has 0 unspecified atom stereocenters. The Morgan fingerprint density at radius 3 is 2.23 bits per heavy atom. The minimum Gasteiger partial charge on any atom is -0.493 e. The molecule has 0 fully saturated rings. The minimum atomic E-state index is -0.582. The van der Waals surface area contributed by atoms with Gasteiger partial charge in [-0.1, -0.05) is 15.9 Å². The first-order valence-electron chi connectivity index (χ1n) is 7.51. The molecular formula is C18H18BrNO5S. The molecule has 0 aliphatic carbocycles. The summed E-state index contributed by atoms with van der Waals surface area (Å²) in [6.45, 7) is 0. The number of amides is 1. The van der Waals surface area contributed by atoms with Gasteiger partial charge in [0.25, 0.3) is 0 Å². The van der Waals surface area contributed by atoms with Crippen LogP contribution in [0.15, 0.2) is 45.8 Å². The van der Waals surface area contributed by atoms with E-state index in [2.05, 4.69) is 21.2 Å². The Morgan fingerprint density at radius 1 is 1.04 bits per heavy atom. The van der Waals surface area contributed by atoms with Crippen LogP contribution in [0.25, 0.3) is 0 Å². The van der Waals surface area contributed by atoms with Crippen molar-refractivity contribution in [2.75, 3.05) is 32.4 Å². The maximum atomic E-state index is 12.3. The molecule has 8 heteroatoms. The van der Waals surface area contributed by atoms with Crippen molar-refractivity contribution >= 4 is 45.3 Å². The minimum absolute atomic E-state index is 0.187. The molecule has 138 valence electrons. The number of esters is 1. The molecule has 0 saturated heterocycles. The number of anilines is 1. The zero-order chi connectivity index (χ0) is 19.1. The van der Waals surface area contributed by atoms with E-state index in [1.807, 2.05) is 24.3 Å². The molecule has 0 atom stereocenters. The maximum absolute atomic E-state index is 12.3. The smallest absolute Gasteiger partial charge is 0.340 e. The fraction of sp³-hybridized carbons (Fsp3) is 0.222. The van der Waals surface area contributed by atoms with Gasteiger partial charge in [-0.15, -0.1) is 11.8 Å². The summed E-state index contributed by atoms with van der Waals surface area (Å²) < 4.78 is 16.2. The molecule has 6 nitrogen and oxygen atoms in total. The van der Waals surface area contributed by atoms with Crippen LogP contribution in [-0.4, -0.2) is 39.0 Å². The van der Waals surface area contributed by atoms with Crippen molar-refractivity contribution in [3.8, 4) is 11.5 Å². The SMILES string of the molecule is COC(=O)c1cc(OC)c(OC)cc1NC(=O)CSc1ccc(Br)cc1. The highest BCUT2D eigenvalue weighted by Gasteiger charge is 2.19. The monoisotopic (exact) mass is 439 g/mol. The number of rotatable bonds is 7. The number of hydrogen-bond donors (Lipinski definition) is 1. The van der Waals surface area contributed by atoms with Gasteiger partial charge in [-0.05, 0) is 24.3 Å². The third-order valence-corrected chi connectivity index (χ3v) is 4.93. The predicted molar refractivity (Wildman–Crippen MR) is 104 cm³/mol. The van der Waals surface area contributed by atoms with Crippen molar-refractivity contribution in [3.63, 3.8) is 0 Å². The van der Waals surface area contributed by atoms with Gasteiger partial charge in [0.2, 0.25) is 5.91 Å². The van der Waals surface area contributed by atoms with Crippen molar-refractivity contribution in [1.82, 2.24) is 0 Å². The van der Waals surface area contributed by atoms with E-state index in [-0.39, 0.29) is 17.2 Å². The van der Waals surface area contributed by atoms with Crippen LogP contribution in [-0.2, 0) is 9.53 Å². The van der Waals surface area contributed by atoms with Gasteiger partial charge in [-0.3, -0.25) is 4.79 Å². The topological polar surface area (TPSA) is 73.9 Å². The van der Waals surface area contributed by atoms with Crippen LogP contribution in [0, 0.1) is 0 Å². The highest BCUT2D eigenvalue weighted by molar-refractivity contribution is 9.10. The second-order valence-corrected chi connectivity index (χ2v) is 7.00. The Bertz CT molecular complexity index is 795. The third-order valence-electron chi connectivity index (χ3n) is 3.39. The summed E-state index contributed by atoms with van der Waals surface area (Å²) in [7, 11) is 4.21. The number of thioether (sulfide) groups is 1. The van der Waals surface area contributed by atoms with E-state index in [0.29, 0.717) is 17.2 Å². The largest absolute Gasteiger partial charge is 0.493 e. The predicted octanol–water partition coefficient (Wildman–Crippen LogP) is 3.98. The van der Waals surface area contributed by atoms with Crippen LogP contribution in [0.1, 0.15) is 10.4 Å². The standard InChI is InChI=1S/C18H18BrNO5S/c1-23-15-8-13(18(22)25-3)14(9-16(15)24-2)20-17(21)10-26-12-6-4-11(19)5-7-12/h4-9H,10H2,1-3H3,(H,20,21). The molecule has 0 heterocycles. The summed E-state index contributed by atoms with van der Waals surface area (Å²) >= 11 is 4.76. The normalized spacial score (nSPS) is 10.2. The van der Waals surface area contributed by atoms with E-state index in [9.17, 15) is 9.59 Å². The average molecular weight is 440 g/mol. The van der Waals surface area contributed by atoms with E-state index in [1.54, 1.807) is 0 Å². The highest BCUT2D eigenvalue weighted by Crippen LogP contribution is 2.34. The van der Waals surface area contributed by atoms with Gasteiger partial charge >= 0.3 is 5.97 Å². The summed E-state index contributed by atoms with van der Waals surface area (Å²) in [6.07, 6.45) is 0. The number of methoxy groups -OCH3 is 3. The van der Waals surface area contributed by atoms with Crippen molar-refractivity contribution in [2.45, 2.75) is 4.90 Å². The third kappa shape index (κ3) is 5.15. The molecule has 0 aliphatic heterocycles. The quantitative estimate of drug-likeness (QED) is 0.519. The van der Waals surface area contributed by atoms with E-state index in [0.717, 1.165) is 9.37 Å². The van der Waals surface area contributed by atoms with Crippen LogP contribution >= 0.6 is 27.7 Å². The average Bonchev–Trinajstić information content (AvgIpc) is 2.66.